The first-order chi connectivity index (χ1) is 4.86. The number of rotatable bonds is 2. The maximum Gasteiger partial charge on any atom is 0.337 e. The maximum atomic E-state index is 10.9. The number of esters is 1. The van der Waals surface area contributed by atoms with Crippen LogP contribution >= 0.6 is 0 Å². The van der Waals surface area contributed by atoms with E-state index in [0.717, 1.165) is 12.8 Å². The number of ether oxygens (including phenoxy) is 2. The maximum absolute atomic E-state index is 10.9. The summed E-state index contributed by atoms with van der Waals surface area (Å²) in [6, 6.07) is 0. The van der Waals surface area contributed by atoms with Crippen LogP contribution in [0, 0.1) is 0 Å². The standard InChI is InChI=1S/C7H10O3/c8-7(6-4-9-6)10-5-2-1-3-5/h5-6H,1-4H2. The molecule has 1 saturated carbocycles. The van der Waals surface area contributed by atoms with Crippen molar-refractivity contribution in [2.75, 3.05) is 6.61 Å². The number of carbonyl (C=O) groups is 1. The highest BCUT2D eigenvalue weighted by molar-refractivity contribution is 5.77. The van der Waals surface area contributed by atoms with Crippen molar-refractivity contribution >= 4 is 5.97 Å². The molecule has 0 N–H and O–H groups in total. The van der Waals surface area contributed by atoms with E-state index in [4.69, 9.17) is 9.47 Å². The molecule has 2 fully saturated rings. The van der Waals surface area contributed by atoms with E-state index in [0.29, 0.717) is 6.61 Å². The molecule has 0 aromatic heterocycles. The fourth-order valence-corrected chi connectivity index (χ4v) is 0.913. The monoisotopic (exact) mass is 142 g/mol. The molecule has 0 bridgehead atoms. The van der Waals surface area contributed by atoms with Gasteiger partial charge in [0.15, 0.2) is 6.10 Å². The van der Waals surface area contributed by atoms with Crippen LogP contribution in [0.2, 0.25) is 0 Å². The van der Waals surface area contributed by atoms with Gasteiger partial charge in [-0.1, -0.05) is 0 Å². The molecule has 0 aromatic rings. The number of carbonyl (C=O) groups excluding carboxylic acids is 1. The Morgan fingerprint density at radius 2 is 2.20 bits per heavy atom. The molecule has 1 saturated heterocycles. The highest BCUT2D eigenvalue weighted by Crippen LogP contribution is 2.24. The third kappa shape index (κ3) is 1.14. The quantitative estimate of drug-likeness (QED) is 0.416. The van der Waals surface area contributed by atoms with Gasteiger partial charge in [-0.15, -0.1) is 0 Å². The Labute approximate surface area is 59.3 Å². The normalized spacial score (nSPS) is 31.0. The van der Waals surface area contributed by atoms with E-state index < -0.39 is 0 Å². The molecule has 1 atom stereocenters. The summed E-state index contributed by atoms with van der Waals surface area (Å²) >= 11 is 0. The Hall–Kier alpha value is -0.570. The summed E-state index contributed by atoms with van der Waals surface area (Å²) in [6.45, 7) is 0.561. The molecule has 56 valence electrons. The van der Waals surface area contributed by atoms with Gasteiger partial charge in [0, 0.05) is 0 Å². The van der Waals surface area contributed by atoms with Crippen LogP contribution in [0.3, 0.4) is 0 Å². The molecular weight excluding hydrogens is 132 g/mol. The first-order valence-electron chi connectivity index (χ1n) is 3.68. The predicted molar refractivity (Wildman–Crippen MR) is 33.5 cm³/mol. The minimum absolute atomic E-state index is 0.162. The Morgan fingerprint density at radius 1 is 1.50 bits per heavy atom. The second-order valence-electron chi connectivity index (χ2n) is 2.81. The Bertz CT molecular complexity index is 147. The van der Waals surface area contributed by atoms with E-state index in [9.17, 15) is 4.79 Å². The SMILES string of the molecule is O=C(OC1CCC1)C1CO1. The fraction of sp³-hybridized carbons (Fsp3) is 0.857. The summed E-state index contributed by atoms with van der Waals surface area (Å²) in [6.07, 6.45) is 3.26. The van der Waals surface area contributed by atoms with Crippen molar-refractivity contribution < 1.29 is 14.3 Å². The van der Waals surface area contributed by atoms with E-state index in [1.54, 1.807) is 0 Å². The number of hydrogen-bond acceptors (Lipinski definition) is 3. The molecule has 3 nitrogen and oxygen atoms in total. The lowest BCUT2D eigenvalue weighted by atomic mass is 9.96. The van der Waals surface area contributed by atoms with Gasteiger partial charge in [0.2, 0.25) is 0 Å². The van der Waals surface area contributed by atoms with Gasteiger partial charge in [0.05, 0.1) is 6.61 Å². The molecule has 2 aliphatic rings. The van der Waals surface area contributed by atoms with Gasteiger partial charge in [0.1, 0.15) is 6.10 Å². The molecule has 1 aliphatic heterocycles. The molecule has 1 heterocycles. The van der Waals surface area contributed by atoms with Crippen LogP contribution in [-0.4, -0.2) is 24.8 Å². The van der Waals surface area contributed by atoms with Crippen molar-refractivity contribution in [2.24, 2.45) is 0 Å². The van der Waals surface area contributed by atoms with Crippen LogP contribution in [0.4, 0.5) is 0 Å². The molecule has 10 heavy (non-hydrogen) atoms. The molecule has 0 amide bonds. The summed E-state index contributed by atoms with van der Waals surface area (Å²) in [4.78, 5) is 10.9. The van der Waals surface area contributed by atoms with E-state index >= 15 is 0 Å². The van der Waals surface area contributed by atoms with Crippen LogP contribution in [0.15, 0.2) is 0 Å². The summed E-state index contributed by atoms with van der Waals surface area (Å²) in [5.41, 5.74) is 0. The van der Waals surface area contributed by atoms with Crippen molar-refractivity contribution in [3.05, 3.63) is 0 Å². The molecule has 1 unspecified atom stereocenters. The predicted octanol–water partition coefficient (Wildman–Crippen LogP) is 0.481. The summed E-state index contributed by atoms with van der Waals surface area (Å²) in [7, 11) is 0. The first kappa shape index (κ1) is 6.16. The van der Waals surface area contributed by atoms with Crippen LogP contribution in [0.25, 0.3) is 0 Å². The van der Waals surface area contributed by atoms with Crippen LogP contribution in [0.5, 0.6) is 0 Å². The van der Waals surface area contributed by atoms with Crippen molar-refractivity contribution in [1.29, 1.82) is 0 Å². The zero-order chi connectivity index (χ0) is 6.97. The van der Waals surface area contributed by atoms with Gasteiger partial charge in [0.25, 0.3) is 0 Å². The molecule has 0 radical (unpaired) electrons. The molecular formula is C7H10O3. The van der Waals surface area contributed by atoms with Gasteiger partial charge < -0.3 is 9.47 Å². The van der Waals surface area contributed by atoms with Crippen LogP contribution < -0.4 is 0 Å². The highest BCUT2D eigenvalue weighted by atomic mass is 16.6. The van der Waals surface area contributed by atoms with Crippen LogP contribution in [0.1, 0.15) is 19.3 Å². The van der Waals surface area contributed by atoms with Gasteiger partial charge >= 0.3 is 5.97 Å². The van der Waals surface area contributed by atoms with Crippen molar-refractivity contribution in [3.8, 4) is 0 Å². The van der Waals surface area contributed by atoms with Crippen molar-refractivity contribution in [3.63, 3.8) is 0 Å². The molecule has 2 rings (SSSR count). The minimum Gasteiger partial charge on any atom is -0.460 e. The third-order valence-electron chi connectivity index (χ3n) is 1.93. The smallest absolute Gasteiger partial charge is 0.337 e. The highest BCUT2D eigenvalue weighted by Gasteiger charge is 2.35. The average molecular weight is 142 g/mol. The van der Waals surface area contributed by atoms with Gasteiger partial charge in [-0.05, 0) is 19.3 Å². The van der Waals surface area contributed by atoms with E-state index in [-0.39, 0.29) is 18.2 Å². The molecule has 1 aliphatic carbocycles. The van der Waals surface area contributed by atoms with Crippen molar-refractivity contribution in [2.45, 2.75) is 31.5 Å². The average Bonchev–Trinajstić information content (AvgIpc) is 2.58. The molecule has 0 spiro atoms. The topological polar surface area (TPSA) is 38.8 Å². The summed E-state index contributed by atoms with van der Waals surface area (Å²) < 4.78 is 9.81. The Kier molecular flexibility index (Phi) is 1.38. The third-order valence-corrected chi connectivity index (χ3v) is 1.93. The van der Waals surface area contributed by atoms with Gasteiger partial charge in [-0.25, -0.2) is 4.79 Å². The van der Waals surface area contributed by atoms with E-state index in [1.807, 2.05) is 0 Å². The lowest BCUT2D eigenvalue weighted by Gasteiger charge is -2.24. The van der Waals surface area contributed by atoms with Crippen LogP contribution in [-0.2, 0) is 14.3 Å². The fourth-order valence-electron chi connectivity index (χ4n) is 0.913. The van der Waals surface area contributed by atoms with Gasteiger partial charge in [-0.3, -0.25) is 0 Å². The van der Waals surface area contributed by atoms with Crippen molar-refractivity contribution in [1.82, 2.24) is 0 Å². The van der Waals surface area contributed by atoms with E-state index in [2.05, 4.69) is 0 Å². The van der Waals surface area contributed by atoms with E-state index in [1.165, 1.54) is 6.42 Å². The first-order valence-corrected chi connectivity index (χ1v) is 3.68. The molecule has 3 heteroatoms. The second-order valence-corrected chi connectivity index (χ2v) is 2.81. The lowest BCUT2D eigenvalue weighted by Crippen LogP contribution is -2.27. The zero-order valence-electron chi connectivity index (χ0n) is 5.71. The second kappa shape index (κ2) is 2.23. The zero-order valence-corrected chi connectivity index (χ0v) is 5.71. The Morgan fingerprint density at radius 3 is 2.60 bits per heavy atom. The van der Waals surface area contributed by atoms with Gasteiger partial charge in [-0.2, -0.15) is 0 Å². The summed E-state index contributed by atoms with van der Waals surface area (Å²) in [5, 5.41) is 0. The Balaban J connectivity index is 1.72. The molecule has 0 aromatic carbocycles. The minimum atomic E-state index is -0.222. The lowest BCUT2D eigenvalue weighted by molar-refractivity contribution is -0.154. The summed E-state index contributed by atoms with van der Waals surface area (Å²) in [5.74, 6) is -0.162. The number of epoxide rings is 1. The number of hydrogen-bond donors (Lipinski definition) is 0. The largest absolute Gasteiger partial charge is 0.460 e.